The summed E-state index contributed by atoms with van der Waals surface area (Å²) in [5.41, 5.74) is 1.09. The second-order valence-electron chi connectivity index (χ2n) is 7.11. The van der Waals surface area contributed by atoms with E-state index in [9.17, 15) is 4.79 Å². The third-order valence-electron chi connectivity index (χ3n) is 4.72. The van der Waals surface area contributed by atoms with E-state index in [2.05, 4.69) is 34.8 Å². The molecule has 134 valence electrons. The first-order valence-electron chi connectivity index (χ1n) is 8.63. The fourth-order valence-corrected chi connectivity index (χ4v) is 3.52. The van der Waals surface area contributed by atoms with E-state index < -0.39 is 0 Å². The maximum atomic E-state index is 12.4. The summed E-state index contributed by atoms with van der Waals surface area (Å²) in [7, 11) is 0. The normalized spacial score (nSPS) is 16.0. The highest BCUT2D eigenvalue weighted by Gasteiger charge is 2.25. The lowest BCUT2D eigenvalue weighted by atomic mass is 9.84. The van der Waals surface area contributed by atoms with Crippen LogP contribution in [-0.2, 0) is 5.41 Å². The molecule has 1 fully saturated rings. The quantitative estimate of drug-likeness (QED) is 0.858. The summed E-state index contributed by atoms with van der Waals surface area (Å²) in [5, 5.41) is 15.2. The number of piperidine rings is 1. The predicted molar refractivity (Wildman–Crippen MR) is 98.0 cm³/mol. The Bertz CT molecular complexity index is 737. The summed E-state index contributed by atoms with van der Waals surface area (Å²) in [5.74, 6) is -0.208. The molecular formula is C18H24ClN5O. The van der Waals surface area contributed by atoms with Crippen LogP contribution in [0.1, 0.15) is 48.8 Å². The number of rotatable bonds is 5. The smallest absolute Gasteiger partial charge is 0.273 e. The molecule has 0 bridgehead atoms. The third kappa shape index (κ3) is 4.19. The summed E-state index contributed by atoms with van der Waals surface area (Å²) in [4.78, 5) is 12.4. The highest BCUT2D eigenvalue weighted by atomic mass is 35.5. The lowest BCUT2D eigenvalue weighted by molar-refractivity contribution is 0.0940. The molecule has 1 saturated heterocycles. The first kappa shape index (κ1) is 17.9. The zero-order valence-electron chi connectivity index (χ0n) is 14.6. The molecule has 25 heavy (non-hydrogen) atoms. The average molecular weight is 362 g/mol. The second kappa shape index (κ2) is 7.54. The lowest BCUT2D eigenvalue weighted by Gasteiger charge is -2.26. The van der Waals surface area contributed by atoms with Gasteiger partial charge in [0.05, 0.1) is 12.2 Å². The molecular weight excluding hydrogens is 338 g/mol. The number of nitrogens with one attached hydrogen (secondary N) is 2. The molecule has 0 unspecified atom stereocenters. The first-order valence-corrected chi connectivity index (χ1v) is 9.01. The van der Waals surface area contributed by atoms with E-state index in [1.807, 2.05) is 28.9 Å². The van der Waals surface area contributed by atoms with Crippen molar-refractivity contribution in [3.8, 4) is 0 Å². The van der Waals surface area contributed by atoms with Gasteiger partial charge in [-0.05, 0) is 37.6 Å². The monoisotopic (exact) mass is 361 g/mol. The van der Waals surface area contributed by atoms with Crippen LogP contribution in [0.25, 0.3) is 0 Å². The van der Waals surface area contributed by atoms with Gasteiger partial charge >= 0.3 is 0 Å². The van der Waals surface area contributed by atoms with Crippen molar-refractivity contribution < 1.29 is 4.79 Å². The van der Waals surface area contributed by atoms with Crippen LogP contribution in [0.15, 0.2) is 30.5 Å². The molecule has 0 aliphatic carbocycles. The van der Waals surface area contributed by atoms with Crippen LogP contribution >= 0.6 is 11.6 Å². The van der Waals surface area contributed by atoms with Gasteiger partial charge in [-0.1, -0.05) is 48.9 Å². The van der Waals surface area contributed by atoms with Crippen molar-refractivity contribution in [3.63, 3.8) is 0 Å². The zero-order chi connectivity index (χ0) is 17.9. The number of hydrogen-bond donors (Lipinski definition) is 2. The number of aromatic nitrogens is 3. The van der Waals surface area contributed by atoms with Crippen LogP contribution in [0.2, 0.25) is 5.02 Å². The summed E-state index contributed by atoms with van der Waals surface area (Å²) in [6, 6.07) is 8.02. The molecule has 6 nitrogen and oxygen atoms in total. The number of carbonyl (C=O) groups is 1. The molecule has 0 saturated carbocycles. The summed E-state index contributed by atoms with van der Waals surface area (Å²) in [6.07, 6.45) is 3.75. The van der Waals surface area contributed by atoms with E-state index in [0.717, 1.165) is 31.5 Å². The minimum atomic E-state index is -0.279. The maximum absolute atomic E-state index is 12.4. The Labute approximate surface area is 152 Å². The van der Waals surface area contributed by atoms with Gasteiger partial charge in [0.25, 0.3) is 5.91 Å². The van der Waals surface area contributed by atoms with Gasteiger partial charge in [-0.15, -0.1) is 5.10 Å². The third-order valence-corrected chi connectivity index (χ3v) is 5.05. The van der Waals surface area contributed by atoms with Crippen LogP contribution in [0.5, 0.6) is 0 Å². The fraction of sp³-hybridized carbons (Fsp3) is 0.500. The van der Waals surface area contributed by atoms with Gasteiger partial charge in [-0.25, -0.2) is 4.68 Å². The fourth-order valence-electron chi connectivity index (χ4n) is 3.13. The number of nitrogens with zero attached hydrogens (tertiary/aromatic N) is 3. The highest BCUT2D eigenvalue weighted by molar-refractivity contribution is 6.31. The van der Waals surface area contributed by atoms with Crippen LogP contribution < -0.4 is 10.6 Å². The van der Waals surface area contributed by atoms with E-state index in [1.54, 1.807) is 6.20 Å². The molecule has 1 aromatic carbocycles. The molecule has 2 heterocycles. The Kier molecular flexibility index (Phi) is 5.39. The maximum Gasteiger partial charge on any atom is 0.273 e. The van der Waals surface area contributed by atoms with Gasteiger partial charge < -0.3 is 10.6 Å². The summed E-state index contributed by atoms with van der Waals surface area (Å²) < 4.78 is 1.81. The number of halogens is 1. The Morgan fingerprint density at radius 1 is 1.36 bits per heavy atom. The van der Waals surface area contributed by atoms with Crippen LogP contribution in [0.3, 0.4) is 0 Å². The second-order valence-corrected chi connectivity index (χ2v) is 7.52. The van der Waals surface area contributed by atoms with Gasteiger partial charge in [0, 0.05) is 17.0 Å². The first-order chi connectivity index (χ1) is 12.0. The van der Waals surface area contributed by atoms with Crippen molar-refractivity contribution in [1.82, 2.24) is 25.6 Å². The van der Waals surface area contributed by atoms with E-state index >= 15 is 0 Å². The van der Waals surface area contributed by atoms with Gasteiger partial charge in [0.2, 0.25) is 0 Å². The molecule has 2 N–H and O–H groups in total. The molecule has 2 aromatic rings. The Morgan fingerprint density at radius 2 is 2.08 bits per heavy atom. The van der Waals surface area contributed by atoms with Crippen LogP contribution in [0, 0.1) is 0 Å². The lowest BCUT2D eigenvalue weighted by Crippen LogP contribution is -2.37. The van der Waals surface area contributed by atoms with Crippen LogP contribution in [-0.4, -0.2) is 40.5 Å². The Hall–Kier alpha value is -1.92. The van der Waals surface area contributed by atoms with Crippen molar-refractivity contribution >= 4 is 17.5 Å². The summed E-state index contributed by atoms with van der Waals surface area (Å²) >= 11 is 6.29. The predicted octanol–water partition coefficient (Wildman–Crippen LogP) is 2.56. The van der Waals surface area contributed by atoms with Crippen molar-refractivity contribution in [2.45, 2.75) is 38.1 Å². The molecule has 0 atom stereocenters. The number of hydrogen-bond acceptors (Lipinski definition) is 4. The van der Waals surface area contributed by atoms with Crippen molar-refractivity contribution in [3.05, 3.63) is 46.7 Å². The van der Waals surface area contributed by atoms with Gasteiger partial charge in [0.15, 0.2) is 5.69 Å². The Balaban J connectivity index is 1.62. The average Bonchev–Trinajstić information content (AvgIpc) is 3.11. The molecule has 3 rings (SSSR count). The topological polar surface area (TPSA) is 71.8 Å². The summed E-state index contributed by atoms with van der Waals surface area (Å²) in [6.45, 7) is 6.52. The van der Waals surface area contributed by atoms with Gasteiger partial charge in [0.1, 0.15) is 0 Å². The molecule has 7 heteroatoms. The minimum absolute atomic E-state index is 0.208. The molecule has 0 radical (unpaired) electrons. The van der Waals surface area contributed by atoms with Crippen LogP contribution in [0.4, 0.5) is 0 Å². The standard InChI is InChI=1S/C18H24ClN5O/c1-18(2,14-5-3-4-6-15(14)19)12-21-17(25)16-11-24(23-22-16)13-7-9-20-10-8-13/h3-6,11,13,20H,7-10,12H2,1-2H3,(H,21,25). The van der Waals surface area contributed by atoms with Crippen molar-refractivity contribution in [2.24, 2.45) is 0 Å². The Morgan fingerprint density at radius 3 is 2.80 bits per heavy atom. The minimum Gasteiger partial charge on any atom is -0.350 e. The molecule has 1 amide bonds. The molecule has 1 aromatic heterocycles. The molecule has 0 spiro atoms. The van der Waals surface area contributed by atoms with E-state index in [-0.39, 0.29) is 11.3 Å². The van der Waals surface area contributed by atoms with Gasteiger partial charge in [-0.3, -0.25) is 4.79 Å². The van der Waals surface area contributed by atoms with Gasteiger partial charge in [-0.2, -0.15) is 0 Å². The number of benzene rings is 1. The van der Waals surface area contributed by atoms with E-state index in [1.165, 1.54) is 0 Å². The number of carbonyl (C=O) groups excluding carboxylic acids is 1. The van der Waals surface area contributed by atoms with E-state index in [0.29, 0.717) is 23.3 Å². The highest BCUT2D eigenvalue weighted by Crippen LogP contribution is 2.29. The van der Waals surface area contributed by atoms with E-state index in [4.69, 9.17) is 11.6 Å². The van der Waals surface area contributed by atoms with Crippen molar-refractivity contribution in [2.75, 3.05) is 19.6 Å². The number of amides is 1. The zero-order valence-corrected chi connectivity index (χ0v) is 15.4. The SMILES string of the molecule is CC(C)(CNC(=O)c1cn(C2CCNCC2)nn1)c1ccccc1Cl. The molecule has 1 aliphatic heterocycles. The molecule has 1 aliphatic rings. The largest absolute Gasteiger partial charge is 0.350 e. The van der Waals surface area contributed by atoms with Crippen molar-refractivity contribution in [1.29, 1.82) is 0 Å².